The van der Waals surface area contributed by atoms with Gasteiger partial charge in [0.15, 0.2) is 0 Å². The molecule has 0 spiro atoms. The van der Waals surface area contributed by atoms with Gasteiger partial charge in [-0.2, -0.15) is 0 Å². The molecule has 1 unspecified atom stereocenters. The van der Waals surface area contributed by atoms with Crippen molar-refractivity contribution < 1.29 is 4.74 Å². The van der Waals surface area contributed by atoms with Crippen LogP contribution in [-0.2, 0) is 17.6 Å². The molecule has 1 aromatic carbocycles. The summed E-state index contributed by atoms with van der Waals surface area (Å²) in [5.41, 5.74) is 2.46. The quantitative estimate of drug-likeness (QED) is 0.521. The van der Waals surface area contributed by atoms with Crippen molar-refractivity contribution >= 4 is 49.0 Å². The molecule has 1 aliphatic carbocycles. The molecule has 0 saturated carbocycles. The molecule has 0 saturated heterocycles. The average Bonchev–Trinajstić information content (AvgIpc) is 3.04. The van der Waals surface area contributed by atoms with Crippen LogP contribution >= 0.6 is 27.3 Å². The van der Waals surface area contributed by atoms with Gasteiger partial charge >= 0.3 is 0 Å². The van der Waals surface area contributed by atoms with Gasteiger partial charge < -0.3 is 15.4 Å². The Balaban J connectivity index is 1.56. The number of benzene rings is 1. The monoisotopic (exact) mass is 446 g/mol. The highest BCUT2D eigenvalue weighted by Gasteiger charge is 2.25. The zero-order valence-electron chi connectivity index (χ0n) is 15.3. The van der Waals surface area contributed by atoms with Gasteiger partial charge in [-0.15, -0.1) is 11.3 Å². The van der Waals surface area contributed by atoms with Gasteiger partial charge in [-0.3, -0.25) is 0 Å². The van der Waals surface area contributed by atoms with E-state index in [1.54, 1.807) is 13.4 Å². The lowest BCUT2D eigenvalue weighted by Gasteiger charge is -2.22. The maximum absolute atomic E-state index is 5.11. The van der Waals surface area contributed by atoms with Crippen molar-refractivity contribution in [1.82, 2.24) is 15.3 Å². The zero-order chi connectivity index (χ0) is 18.6. The first-order chi connectivity index (χ1) is 13.2. The highest BCUT2D eigenvalue weighted by Crippen LogP contribution is 2.40. The van der Waals surface area contributed by atoms with Crippen LogP contribution in [0.2, 0.25) is 0 Å². The summed E-state index contributed by atoms with van der Waals surface area (Å²) in [6, 6.07) is 8.16. The van der Waals surface area contributed by atoms with E-state index in [1.165, 1.54) is 22.2 Å². The Morgan fingerprint density at radius 3 is 3.11 bits per heavy atom. The van der Waals surface area contributed by atoms with Gasteiger partial charge in [0, 0.05) is 28.7 Å². The Kier molecular flexibility index (Phi) is 6.02. The number of anilines is 2. The van der Waals surface area contributed by atoms with E-state index in [1.807, 2.05) is 23.5 Å². The van der Waals surface area contributed by atoms with Gasteiger partial charge in [-0.1, -0.05) is 22.0 Å². The molecule has 0 fully saturated rings. The highest BCUT2D eigenvalue weighted by molar-refractivity contribution is 9.10. The van der Waals surface area contributed by atoms with Crippen LogP contribution in [0.3, 0.4) is 0 Å². The molecule has 1 aliphatic rings. The van der Waals surface area contributed by atoms with Crippen LogP contribution in [0.25, 0.3) is 10.2 Å². The van der Waals surface area contributed by atoms with Crippen LogP contribution in [0.15, 0.2) is 35.1 Å². The predicted molar refractivity (Wildman–Crippen MR) is 115 cm³/mol. The second-order valence-electron chi connectivity index (χ2n) is 6.85. The lowest BCUT2D eigenvalue weighted by Crippen LogP contribution is -2.29. The third-order valence-corrected chi connectivity index (χ3v) is 6.61. The summed E-state index contributed by atoms with van der Waals surface area (Å²) in [6.07, 6.45) is 5.07. The maximum atomic E-state index is 5.11. The van der Waals surface area contributed by atoms with Crippen molar-refractivity contribution in [2.45, 2.75) is 19.3 Å². The van der Waals surface area contributed by atoms with Crippen LogP contribution in [0.5, 0.6) is 0 Å². The normalized spacial score (nSPS) is 16.4. The number of nitrogens with one attached hydrogen (secondary N) is 2. The van der Waals surface area contributed by atoms with Gasteiger partial charge in [-0.05, 0) is 55.5 Å². The van der Waals surface area contributed by atoms with E-state index in [0.717, 1.165) is 53.3 Å². The second kappa shape index (κ2) is 8.65. The number of ether oxygens (including phenoxy) is 1. The molecule has 2 N–H and O–H groups in total. The molecular weight excluding hydrogens is 424 g/mol. The first kappa shape index (κ1) is 18.8. The number of halogens is 1. The molecule has 2 heterocycles. The summed E-state index contributed by atoms with van der Waals surface area (Å²) in [4.78, 5) is 11.6. The summed E-state index contributed by atoms with van der Waals surface area (Å²) in [7, 11) is 1.74. The minimum Gasteiger partial charge on any atom is -0.383 e. The summed E-state index contributed by atoms with van der Waals surface area (Å²) < 4.78 is 6.16. The van der Waals surface area contributed by atoms with Crippen LogP contribution in [0.1, 0.15) is 16.9 Å². The summed E-state index contributed by atoms with van der Waals surface area (Å²) >= 11 is 5.35. The number of hydrogen-bond donors (Lipinski definition) is 2. The fraction of sp³-hybridized carbons (Fsp3) is 0.400. The second-order valence-corrected chi connectivity index (χ2v) is 8.85. The zero-order valence-corrected chi connectivity index (χ0v) is 17.7. The van der Waals surface area contributed by atoms with Gasteiger partial charge in [0.25, 0.3) is 0 Å². The van der Waals surface area contributed by atoms with Crippen LogP contribution in [0.4, 0.5) is 11.5 Å². The molecule has 0 aliphatic heterocycles. The van der Waals surface area contributed by atoms with Crippen molar-refractivity contribution in [1.29, 1.82) is 0 Å². The number of thiophene rings is 1. The highest BCUT2D eigenvalue weighted by atomic mass is 79.9. The van der Waals surface area contributed by atoms with Crippen LogP contribution < -0.4 is 10.6 Å². The molecule has 4 rings (SSSR count). The number of nitrogens with zero attached hydrogens (tertiary/aromatic N) is 2. The molecule has 0 bridgehead atoms. The predicted octanol–water partition coefficient (Wildman–Crippen LogP) is 4.54. The van der Waals surface area contributed by atoms with Crippen molar-refractivity contribution in [3.05, 3.63) is 45.5 Å². The first-order valence-electron chi connectivity index (χ1n) is 9.22. The molecule has 1 atom stereocenters. The third-order valence-electron chi connectivity index (χ3n) is 4.95. The van der Waals surface area contributed by atoms with Crippen molar-refractivity contribution in [2.24, 2.45) is 5.92 Å². The van der Waals surface area contributed by atoms with E-state index in [2.05, 4.69) is 48.7 Å². The Labute approximate surface area is 171 Å². The standard InChI is InChI=1S/C20H23BrN4OS/c1-26-8-7-22-11-13-5-6-16-17(9-13)27-20-18(16)19(23-12-24-20)25-15-4-2-3-14(21)10-15/h2-4,10,12-13,22H,5-9,11H2,1H3,(H,23,24,25). The van der Waals surface area contributed by atoms with Gasteiger partial charge in [0.05, 0.1) is 12.0 Å². The smallest absolute Gasteiger partial charge is 0.142 e. The van der Waals surface area contributed by atoms with E-state index >= 15 is 0 Å². The Morgan fingerprint density at radius 2 is 2.26 bits per heavy atom. The van der Waals surface area contributed by atoms with Crippen molar-refractivity contribution in [3.8, 4) is 0 Å². The molecule has 142 valence electrons. The van der Waals surface area contributed by atoms with E-state index in [0.29, 0.717) is 5.92 Å². The Hall–Kier alpha value is -1.54. The largest absolute Gasteiger partial charge is 0.383 e. The molecular formula is C20H23BrN4OS. The van der Waals surface area contributed by atoms with E-state index < -0.39 is 0 Å². The molecule has 27 heavy (non-hydrogen) atoms. The van der Waals surface area contributed by atoms with Crippen molar-refractivity contribution in [2.75, 3.05) is 32.1 Å². The van der Waals surface area contributed by atoms with Gasteiger partial charge in [0.2, 0.25) is 0 Å². The number of methoxy groups -OCH3 is 1. The molecule has 5 nitrogen and oxygen atoms in total. The van der Waals surface area contributed by atoms with E-state index in [-0.39, 0.29) is 0 Å². The average molecular weight is 447 g/mol. The van der Waals surface area contributed by atoms with E-state index in [9.17, 15) is 0 Å². The fourth-order valence-corrected chi connectivity index (χ4v) is 5.33. The number of hydrogen-bond acceptors (Lipinski definition) is 6. The minimum absolute atomic E-state index is 0.678. The summed E-state index contributed by atoms with van der Waals surface area (Å²) in [6.45, 7) is 2.73. The van der Waals surface area contributed by atoms with Crippen molar-refractivity contribution in [3.63, 3.8) is 0 Å². The fourth-order valence-electron chi connectivity index (χ4n) is 3.63. The van der Waals surface area contributed by atoms with Crippen LogP contribution in [0, 0.1) is 5.92 Å². The molecule has 7 heteroatoms. The number of rotatable bonds is 7. The van der Waals surface area contributed by atoms with Crippen LogP contribution in [-0.4, -0.2) is 36.8 Å². The SMILES string of the molecule is COCCNCC1CCc2c(sc3ncnc(Nc4cccc(Br)c4)c23)C1. The Bertz CT molecular complexity index is 929. The summed E-state index contributed by atoms with van der Waals surface area (Å²) in [5, 5.41) is 8.19. The van der Waals surface area contributed by atoms with Gasteiger partial charge in [-0.25, -0.2) is 9.97 Å². The van der Waals surface area contributed by atoms with E-state index in [4.69, 9.17) is 4.74 Å². The minimum atomic E-state index is 0.678. The molecule has 3 aromatic rings. The number of fused-ring (bicyclic) bond motifs is 3. The Morgan fingerprint density at radius 1 is 1.33 bits per heavy atom. The number of aryl methyl sites for hydroxylation is 1. The molecule has 2 aromatic heterocycles. The number of aromatic nitrogens is 2. The molecule has 0 amide bonds. The molecule has 0 radical (unpaired) electrons. The van der Waals surface area contributed by atoms with Gasteiger partial charge in [0.1, 0.15) is 17.0 Å². The first-order valence-corrected chi connectivity index (χ1v) is 10.8. The summed E-state index contributed by atoms with van der Waals surface area (Å²) in [5.74, 6) is 1.59. The lowest BCUT2D eigenvalue weighted by atomic mass is 9.87. The lowest BCUT2D eigenvalue weighted by molar-refractivity contribution is 0.197. The maximum Gasteiger partial charge on any atom is 0.142 e. The topological polar surface area (TPSA) is 59.1 Å². The third kappa shape index (κ3) is 4.32.